The van der Waals surface area contributed by atoms with Gasteiger partial charge in [0, 0.05) is 37.6 Å². The van der Waals surface area contributed by atoms with Gasteiger partial charge in [-0.25, -0.2) is 9.97 Å². The summed E-state index contributed by atoms with van der Waals surface area (Å²) in [7, 11) is 0. The Hall–Kier alpha value is -2.75. The van der Waals surface area contributed by atoms with Crippen LogP contribution in [0.2, 0.25) is 0 Å². The monoisotopic (exact) mass is 457 g/mol. The van der Waals surface area contributed by atoms with Crippen LogP contribution in [0.1, 0.15) is 51.6 Å². The van der Waals surface area contributed by atoms with Gasteiger partial charge in [0.2, 0.25) is 0 Å². The largest absolute Gasteiger partial charge is 0.481 e. The number of nitrogen functional groups attached to an aromatic ring is 1. The number of anilines is 1. The average Bonchev–Trinajstić information content (AvgIpc) is 3.21. The Morgan fingerprint density at radius 3 is 2.79 bits per heavy atom. The molecule has 0 saturated carbocycles. The van der Waals surface area contributed by atoms with E-state index in [4.69, 9.17) is 26.0 Å². The van der Waals surface area contributed by atoms with Gasteiger partial charge in [-0.2, -0.15) is 0 Å². The van der Waals surface area contributed by atoms with Crippen LogP contribution in [0, 0.1) is 0 Å². The molecule has 2 heterocycles. The number of aliphatic carboxylic acids is 1. The standard InChI is InChI=1S/C24H35N5O4/c1-4-32-11-9-17(14-24(2,3)33-12-10-25)29-15-27-21-22(29)18-7-5-16(6-8-20(30)31)13-19(18)28-23(21)26/h5,7,13,15,17H,4,6,8-12,14,25H2,1-3H3,(H2,26,28)(H,30,31). The zero-order valence-electron chi connectivity index (χ0n) is 19.7. The number of aryl methyl sites for hydroxylation is 1. The van der Waals surface area contributed by atoms with Gasteiger partial charge >= 0.3 is 5.97 Å². The molecule has 0 aliphatic heterocycles. The fourth-order valence-corrected chi connectivity index (χ4v) is 4.22. The predicted molar refractivity (Wildman–Crippen MR) is 129 cm³/mol. The Morgan fingerprint density at radius 1 is 1.30 bits per heavy atom. The molecule has 0 saturated heterocycles. The van der Waals surface area contributed by atoms with Crippen molar-refractivity contribution in [3.05, 3.63) is 30.1 Å². The summed E-state index contributed by atoms with van der Waals surface area (Å²) in [5, 5.41) is 9.93. The van der Waals surface area contributed by atoms with Crippen molar-refractivity contribution in [2.75, 3.05) is 32.1 Å². The van der Waals surface area contributed by atoms with Crippen LogP contribution < -0.4 is 11.5 Å². The molecule has 5 N–H and O–H groups in total. The van der Waals surface area contributed by atoms with Gasteiger partial charge in [0.15, 0.2) is 5.82 Å². The summed E-state index contributed by atoms with van der Waals surface area (Å²) < 4.78 is 13.8. The minimum Gasteiger partial charge on any atom is -0.481 e. The van der Waals surface area contributed by atoms with Gasteiger partial charge in [-0.3, -0.25) is 4.79 Å². The lowest BCUT2D eigenvalue weighted by Crippen LogP contribution is -2.31. The molecule has 3 rings (SSSR count). The van der Waals surface area contributed by atoms with E-state index in [0.29, 0.717) is 44.1 Å². The maximum atomic E-state index is 11.0. The number of carboxylic acids is 1. The van der Waals surface area contributed by atoms with Crippen LogP contribution in [-0.2, 0) is 20.7 Å². The number of carbonyl (C=O) groups is 1. The maximum Gasteiger partial charge on any atom is 0.303 e. The highest BCUT2D eigenvalue weighted by Crippen LogP contribution is 2.34. The number of rotatable bonds is 13. The number of hydrogen-bond acceptors (Lipinski definition) is 7. The summed E-state index contributed by atoms with van der Waals surface area (Å²) in [4.78, 5) is 20.1. The van der Waals surface area contributed by atoms with Crippen LogP contribution in [0.15, 0.2) is 24.5 Å². The fourth-order valence-electron chi connectivity index (χ4n) is 4.22. The fraction of sp³-hybridized carbons (Fsp3) is 0.542. The molecule has 180 valence electrons. The van der Waals surface area contributed by atoms with E-state index in [-0.39, 0.29) is 18.1 Å². The van der Waals surface area contributed by atoms with Crippen LogP contribution in [0.25, 0.3) is 21.9 Å². The van der Waals surface area contributed by atoms with Crippen LogP contribution >= 0.6 is 0 Å². The minimum absolute atomic E-state index is 0.0611. The number of ether oxygens (including phenoxy) is 2. The van der Waals surface area contributed by atoms with E-state index in [0.717, 1.165) is 34.8 Å². The van der Waals surface area contributed by atoms with Gasteiger partial charge in [-0.05, 0) is 51.7 Å². The van der Waals surface area contributed by atoms with Gasteiger partial charge in [0.05, 0.1) is 29.6 Å². The Kier molecular flexibility index (Phi) is 8.23. The normalized spacial score (nSPS) is 13.1. The number of pyridine rings is 1. The smallest absolute Gasteiger partial charge is 0.303 e. The van der Waals surface area contributed by atoms with E-state index < -0.39 is 5.97 Å². The molecule has 0 aliphatic rings. The third-order valence-electron chi connectivity index (χ3n) is 5.75. The lowest BCUT2D eigenvalue weighted by molar-refractivity contribution is -0.136. The van der Waals surface area contributed by atoms with Crippen molar-refractivity contribution < 1.29 is 19.4 Å². The first kappa shape index (κ1) is 24.9. The molecule has 0 radical (unpaired) electrons. The summed E-state index contributed by atoms with van der Waals surface area (Å²) >= 11 is 0. The van der Waals surface area contributed by atoms with E-state index in [9.17, 15) is 4.79 Å². The molecule has 3 aromatic rings. The quantitative estimate of drug-likeness (QED) is 0.332. The highest BCUT2D eigenvalue weighted by Gasteiger charge is 2.27. The van der Waals surface area contributed by atoms with Gasteiger partial charge < -0.3 is 30.6 Å². The van der Waals surface area contributed by atoms with E-state index >= 15 is 0 Å². The molecule has 1 atom stereocenters. The number of nitrogens with zero attached hydrogens (tertiary/aromatic N) is 3. The molecule has 0 amide bonds. The van der Waals surface area contributed by atoms with Gasteiger partial charge in [-0.15, -0.1) is 0 Å². The number of imidazole rings is 1. The zero-order chi connectivity index (χ0) is 24.0. The van der Waals surface area contributed by atoms with Crippen molar-refractivity contribution in [3.8, 4) is 0 Å². The van der Waals surface area contributed by atoms with Gasteiger partial charge in [-0.1, -0.05) is 12.1 Å². The lowest BCUT2D eigenvalue weighted by Gasteiger charge is -2.31. The van der Waals surface area contributed by atoms with E-state index in [1.807, 2.05) is 31.5 Å². The van der Waals surface area contributed by atoms with Gasteiger partial charge in [0.1, 0.15) is 5.52 Å². The topological polar surface area (TPSA) is 139 Å². The van der Waals surface area contributed by atoms with Crippen LogP contribution in [0.5, 0.6) is 0 Å². The van der Waals surface area contributed by atoms with Crippen LogP contribution in [-0.4, -0.2) is 57.6 Å². The molecule has 0 spiro atoms. The number of aromatic nitrogens is 3. The number of nitrogens with two attached hydrogens (primary N) is 2. The molecule has 2 aromatic heterocycles. The van der Waals surface area contributed by atoms with Crippen LogP contribution in [0.3, 0.4) is 0 Å². The first-order valence-corrected chi connectivity index (χ1v) is 11.4. The Labute approximate surface area is 194 Å². The number of benzene rings is 1. The van der Waals surface area contributed by atoms with Gasteiger partial charge in [0.25, 0.3) is 0 Å². The summed E-state index contributed by atoms with van der Waals surface area (Å²) in [6.07, 6.45) is 3.85. The van der Waals surface area contributed by atoms with E-state index in [2.05, 4.69) is 28.4 Å². The molecule has 9 nitrogen and oxygen atoms in total. The number of fused-ring (bicyclic) bond motifs is 3. The maximum absolute atomic E-state index is 11.0. The van der Waals surface area contributed by atoms with E-state index in [1.165, 1.54) is 0 Å². The molecular weight excluding hydrogens is 422 g/mol. The molecule has 1 unspecified atom stereocenters. The third-order valence-corrected chi connectivity index (χ3v) is 5.75. The zero-order valence-corrected chi connectivity index (χ0v) is 19.7. The van der Waals surface area contributed by atoms with Crippen molar-refractivity contribution in [3.63, 3.8) is 0 Å². The molecule has 0 bridgehead atoms. The van der Waals surface area contributed by atoms with Crippen molar-refractivity contribution in [1.29, 1.82) is 0 Å². The number of carboxylic acid groups (broad SMARTS) is 1. The Balaban J connectivity index is 2.05. The molecule has 0 aliphatic carbocycles. The predicted octanol–water partition coefficient (Wildman–Crippen LogP) is 3.30. The second kappa shape index (κ2) is 10.9. The Morgan fingerprint density at radius 2 is 2.09 bits per heavy atom. The number of hydrogen-bond donors (Lipinski definition) is 3. The molecule has 33 heavy (non-hydrogen) atoms. The summed E-state index contributed by atoms with van der Waals surface area (Å²) in [6, 6.07) is 5.90. The third kappa shape index (κ3) is 6.19. The van der Waals surface area contributed by atoms with E-state index in [1.54, 1.807) is 0 Å². The molecular formula is C24H35N5O4. The van der Waals surface area contributed by atoms with Crippen molar-refractivity contribution >= 4 is 33.7 Å². The summed E-state index contributed by atoms with van der Waals surface area (Å²) in [5.74, 6) is -0.471. The van der Waals surface area contributed by atoms with Crippen molar-refractivity contribution in [2.24, 2.45) is 5.73 Å². The summed E-state index contributed by atoms with van der Waals surface area (Å²) in [5.41, 5.74) is 14.8. The minimum atomic E-state index is -0.826. The molecule has 1 aromatic carbocycles. The molecule has 0 fully saturated rings. The first-order chi connectivity index (χ1) is 15.8. The average molecular weight is 458 g/mol. The highest BCUT2D eigenvalue weighted by atomic mass is 16.5. The highest BCUT2D eigenvalue weighted by molar-refractivity contribution is 6.06. The van der Waals surface area contributed by atoms with Crippen molar-refractivity contribution in [2.45, 2.75) is 58.1 Å². The SMILES string of the molecule is CCOCCC(CC(C)(C)OCCN)n1cnc2c(N)nc3cc(CCC(=O)O)ccc3c21. The summed E-state index contributed by atoms with van der Waals surface area (Å²) in [6.45, 7) is 8.36. The second-order valence-electron chi connectivity index (χ2n) is 8.83. The molecule has 9 heteroatoms. The lowest BCUT2D eigenvalue weighted by atomic mass is 9.96. The second-order valence-corrected chi connectivity index (χ2v) is 8.83. The van der Waals surface area contributed by atoms with Crippen molar-refractivity contribution in [1.82, 2.24) is 14.5 Å². The first-order valence-electron chi connectivity index (χ1n) is 11.4. The Bertz CT molecular complexity index is 1100. The van der Waals surface area contributed by atoms with Crippen LogP contribution in [0.4, 0.5) is 5.82 Å².